The van der Waals surface area contributed by atoms with E-state index in [-0.39, 0.29) is 0 Å². The number of piperidine rings is 1. The summed E-state index contributed by atoms with van der Waals surface area (Å²) in [7, 11) is 0. The van der Waals surface area contributed by atoms with Gasteiger partial charge in [0.2, 0.25) is 11.8 Å². The number of aromatic nitrogens is 4. The van der Waals surface area contributed by atoms with Gasteiger partial charge >= 0.3 is 0 Å². The lowest BCUT2D eigenvalue weighted by atomic mass is 10.0. The molecular formula is C19H23N5O. The van der Waals surface area contributed by atoms with Crippen molar-refractivity contribution in [3.63, 3.8) is 0 Å². The van der Waals surface area contributed by atoms with Crippen molar-refractivity contribution in [2.75, 3.05) is 6.54 Å². The summed E-state index contributed by atoms with van der Waals surface area (Å²) in [5.74, 6) is 1.39. The van der Waals surface area contributed by atoms with E-state index in [1.54, 1.807) is 0 Å². The molecule has 1 atom stereocenters. The molecule has 3 aromatic rings. The maximum atomic E-state index is 5.89. The Balaban J connectivity index is 1.40. The molecule has 6 nitrogen and oxygen atoms in total. The molecule has 0 saturated carbocycles. The van der Waals surface area contributed by atoms with Gasteiger partial charge in [-0.1, -0.05) is 36.8 Å². The number of rotatable bonds is 6. The molecule has 1 aliphatic heterocycles. The van der Waals surface area contributed by atoms with Gasteiger partial charge in [-0.3, -0.25) is 9.58 Å². The largest absolute Gasteiger partial charge is 0.424 e. The van der Waals surface area contributed by atoms with Crippen LogP contribution in [0.4, 0.5) is 0 Å². The average Bonchev–Trinajstić information content (AvgIpc) is 3.30. The van der Waals surface area contributed by atoms with Crippen molar-refractivity contribution in [1.82, 2.24) is 24.9 Å². The summed E-state index contributed by atoms with van der Waals surface area (Å²) in [6, 6.07) is 12.7. The Labute approximate surface area is 147 Å². The lowest BCUT2D eigenvalue weighted by Crippen LogP contribution is -2.41. The topological polar surface area (TPSA) is 60.0 Å². The van der Waals surface area contributed by atoms with Crippen LogP contribution in [0.2, 0.25) is 0 Å². The standard InChI is InChI=1S/C19H23N5O/c1-2-7-16(8-3-1)13-18-21-22-19(25-18)15-23-11-5-4-9-17(23)14-24-12-6-10-20-24/h1-3,6-8,10,12,17H,4-5,9,11,13-15H2/t17-/m0/s1. The lowest BCUT2D eigenvalue weighted by Gasteiger charge is -2.34. The van der Waals surface area contributed by atoms with Crippen LogP contribution in [0.25, 0.3) is 0 Å². The van der Waals surface area contributed by atoms with Gasteiger partial charge < -0.3 is 4.42 Å². The Morgan fingerprint density at radius 1 is 1.04 bits per heavy atom. The predicted octanol–water partition coefficient (Wildman–Crippen LogP) is 2.91. The van der Waals surface area contributed by atoms with Crippen LogP contribution in [0.5, 0.6) is 0 Å². The maximum absolute atomic E-state index is 5.89. The molecule has 1 aromatic carbocycles. The molecule has 25 heavy (non-hydrogen) atoms. The van der Waals surface area contributed by atoms with Gasteiger partial charge in [0.05, 0.1) is 19.5 Å². The molecule has 0 unspecified atom stereocenters. The van der Waals surface area contributed by atoms with Crippen molar-refractivity contribution in [1.29, 1.82) is 0 Å². The van der Waals surface area contributed by atoms with Crippen molar-refractivity contribution in [2.24, 2.45) is 0 Å². The number of nitrogens with zero attached hydrogens (tertiary/aromatic N) is 5. The average molecular weight is 337 g/mol. The summed E-state index contributed by atoms with van der Waals surface area (Å²) in [5.41, 5.74) is 1.19. The summed E-state index contributed by atoms with van der Waals surface area (Å²) in [6.07, 6.45) is 8.22. The molecule has 130 valence electrons. The summed E-state index contributed by atoms with van der Waals surface area (Å²) in [6.45, 7) is 2.70. The first-order valence-electron chi connectivity index (χ1n) is 8.93. The fourth-order valence-corrected chi connectivity index (χ4v) is 3.47. The molecule has 1 fully saturated rings. The van der Waals surface area contributed by atoms with Crippen molar-refractivity contribution >= 4 is 0 Å². The number of hydrogen-bond donors (Lipinski definition) is 0. The van der Waals surface area contributed by atoms with Crippen LogP contribution in [0, 0.1) is 0 Å². The van der Waals surface area contributed by atoms with E-state index in [2.05, 4.69) is 32.3 Å². The molecule has 2 aromatic heterocycles. The van der Waals surface area contributed by atoms with Gasteiger partial charge in [-0.2, -0.15) is 5.10 Å². The third kappa shape index (κ3) is 4.14. The Kier molecular flexibility index (Phi) is 4.88. The minimum absolute atomic E-state index is 0.470. The molecule has 0 N–H and O–H groups in total. The second-order valence-corrected chi connectivity index (χ2v) is 6.60. The van der Waals surface area contributed by atoms with Crippen molar-refractivity contribution in [2.45, 2.75) is 44.8 Å². The highest BCUT2D eigenvalue weighted by molar-refractivity contribution is 5.17. The molecule has 0 spiro atoms. The highest BCUT2D eigenvalue weighted by Gasteiger charge is 2.24. The molecular weight excluding hydrogens is 314 g/mol. The van der Waals surface area contributed by atoms with Gasteiger partial charge in [0.25, 0.3) is 0 Å². The normalized spacial score (nSPS) is 18.5. The van der Waals surface area contributed by atoms with Gasteiger partial charge in [-0.05, 0) is 31.0 Å². The summed E-state index contributed by atoms with van der Waals surface area (Å²) in [5, 5.41) is 12.8. The van der Waals surface area contributed by atoms with Crippen LogP contribution in [0.3, 0.4) is 0 Å². The SMILES string of the molecule is c1ccc(Cc2nnc(CN3CCCC[C@H]3Cn3cccn3)o2)cc1. The van der Waals surface area contributed by atoms with Crippen molar-refractivity contribution in [3.8, 4) is 0 Å². The number of hydrogen-bond acceptors (Lipinski definition) is 5. The zero-order chi connectivity index (χ0) is 16.9. The minimum Gasteiger partial charge on any atom is -0.424 e. The Hall–Kier alpha value is -2.47. The van der Waals surface area contributed by atoms with Crippen LogP contribution < -0.4 is 0 Å². The molecule has 1 saturated heterocycles. The van der Waals surface area contributed by atoms with Gasteiger partial charge in [0.1, 0.15) is 0 Å². The highest BCUT2D eigenvalue weighted by Crippen LogP contribution is 2.21. The Morgan fingerprint density at radius 2 is 1.92 bits per heavy atom. The minimum atomic E-state index is 0.470. The van der Waals surface area contributed by atoms with Gasteiger partial charge in [0, 0.05) is 18.4 Å². The van der Waals surface area contributed by atoms with Crippen LogP contribution in [0.1, 0.15) is 36.6 Å². The second kappa shape index (κ2) is 7.61. The van der Waals surface area contributed by atoms with Crippen LogP contribution in [0.15, 0.2) is 53.2 Å². The molecule has 0 bridgehead atoms. The Morgan fingerprint density at radius 3 is 2.76 bits per heavy atom. The van der Waals surface area contributed by atoms with E-state index in [4.69, 9.17) is 4.42 Å². The third-order valence-electron chi connectivity index (χ3n) is 4.75. The zero-order valence-electron chi connectivity index (χ0n) is 14.3. The fraction of sp³-hybridized carbons (Fsp3) is 0.421. The summed E-state index contributed by atoms with van der Waals surface area (Å²) >= 11 is 0. The van der Waals surface area contributed by atoms with Gasteiger partial charge in [0.15, 0.2) is 0 Å². The monoisotopic (exact) mass is 337 g/mol. The second-order valence-electron chi connectivity index (χ2n) is 6.60. The van der Waals surface area contributed by atoms with E-state index >= 15 is 0 Å². The molecule has 0 amide bonds. The molecule has 6 heteroatoms. The third-order valence-corrected chi connectivity index (χ3v) is 4.75. The predicted molar refractivity (Wildman–Crippen MR) is 93.8 cm³/mol. The van der Waals surface area contributed by atoms with E-state index < -0.39 is 0 Å². The zero-order valence-corrected chi connectivity index (χ0v) is 14.3. The first-order chi connectivity index (χ1) is 12.4. The quantitative estimate of drug-likeness (QED) is 0.692. The van der Waals surface area contributed by atoms with E-state index in [0.717, 1.165) is 13.1 Å². The summed E-state index contributed by atoms with van der Waals surface area (Å²) < 4.78 is 7.90. The molecule has 0 aliphatic carbocycles. The van der Waals surface area contributed by atoms with E-state index in [9.17, 15) is 0 Å². The fourth-order valence-electron chi connectivity index (χ4n) is 3.47. The maximum Gasteiger partial charge on any atom is 0.230 e. The van der Waals surface area contributed by atoms with Crippen LogP contribution in [-0.2, 0) is 19.5 Å². The number of likely N-dealkylation sites (tertiary alicyclic amines) is 1. The molecule has 4 rings (SSSR count). The first-order valence-corrected chi connectivity index (χ1v) is 8.93. The van der Waals surface area contributed by atoms with E-state index in [0.29, 0.717) is 30.8 Å². The van der Waals surface area contributed by atoms with E-state index in [1.807, 2.05) is 41.3 Å². The van der Waals surface area contributed by atoms with Crippen LogP contribution in [-0.4, -0.2) is 37.5 Å². The first kappa shape index (κ1) is 16.0. The summed E-state index contributed by atoms with van der Waals surface area (Å²) in [4.78, 5) is 2.45. The highest BCUT2D eigenvalue weighted by atomic mass is 16.4. The molecule has 1 aliphatic rings. The van der Waals surface area contributed by atoms with Crippen molar-refractivity contribution in [3.05, 3.63) is 66.1 Å². The van der Waals surface area contributed by atoms with Crippen LogP contribution >= 0.6 is 0 Å². The molecule has 0 radical (unpaired) electrons. The van der Waals surface area contributed by atoms with Crippen molar-refractivity contribution < 1.29 is 4.42 Å². The van der Waals surface area contributed by atoms with Gasteiger partial charge in [-0.25, -0.2) is 0 Å². The smallest absolute Gasteiger partial charge is 0.230 e. The lowest BCUT2D eigenvalue weighted by molar-refractivity contribution is 0.110. The van der Waals surface area contributed by atoms with Gasteiger partial charge in [-0.15, -0.1) is 10.2 Å². The number of benzene rings is 1. The van der Waals surface area contributed by atoms with E-state index in [1.165, 1.54) is 24.8 Å². The molecule has 3 heterocycles. The Bertz CT molecular complexity index is 768.